The first-order valence-electron chi connectivity index (χ1n) is 10.4. The molecule has 1 heterocycles. The van der Waals surface area contributed by atoms with Crippen LogP contribution in [-0.4, -0.2) is 42.4 Å². The molecule has 0 aliphatic carbocycles. The number of anilines is 1. The molecule has 0 radical (unpaired) electrons. The third kappa shape index (κ3) is 6.43. The molecule has 1 fully saturated rings. The van der Waals surface area contributed by atoms with Gasteiger partial charge in [0.15, 0.2) is 0 Å². The van der Waals surface area contributed by atoms with Crippen LogP contribution in [0.15, 0.2) is 60.7 Å². The molecule has 1 atom stereocenters. The van der Waals surface area contributed by atoms with Crippen molar-refractivity contribution in [2.24, 2.45) is 0 Å². The molecule has 1 N–H and O–H groups in total. The molecule has 0 bridgehead atoms. The lowest BCUT2D eigenvalue weighted by atomic mass is 10.2. The average molecular weight is 405 g/mol. The largest absolute Gasteiger partial charge is 0.352 e. The number of para-hydroxylation sites is 1. The van der Waals surface area contributed by atoms with Crippen LogP contribution in [0, 0.1) is 11.3 Å². The summed E-state index contributed by atoms with van der Waals surface area (Å²) in [5.74, 6) is -0.230. The molecular weight excluding hydrogens is 376 g/mol. The van der Waals surface area contributed by atoms with Gasteiger partial charge in [0.05, 0.1) is 12.5 Å². The molecule has 30 heavy (non-hydrogen) atoms. The molecule has 1 saturated heterocycles. The van der Waals surface area contributed by atoms with E-state index in [1.165, 1.54) is 5.56 Å². The molecule has 6 heteroatoms. The highest BCUT2D eigenvalue weighted by molar-refractivity contribution is 5.95. The molecule has 0 saturated carbocycles. The SMILES string of the molecule is N#CCCN(C(=O)CCC(=O)NC1CCN(Cc2ccccc2)C1)c1ccccc1. The summed E-state index contributed by atoms with van der Waals surface area (Å²) in [6, 6.07) is 21.8. The van der Waals surface area contributed by atoms with Crippen LogP contribution >= 0.6 is 0 Å². The summed E-state index contributed by atoms with van der Waals surface area (Å²) in [5.41, 5.74) is 2.03. The Morgan fingerprint density at radius 3 is 2.47 bits per heavy atom. The zero-order chi connectivity index (χ0) is 21.2. The Morgan fingerprint density at radius 2 is 1.77 bits per heavy atom. The van der Waals surface area contributed by atoms with Crippen LogP contribution in [-0.2, 0) is 16.1 Å². The van der Waals surface area contributed by atoms with Crippen molar-refractivity contribution in [1.29, 1.82) is 5.26 Å². The number of hydrogen-bond acceptors (Lipinski definition) is 4. The number of likely N-dealkylation sites (tertiary alicyclic amines) is 1. The van der Waals surface area contributed by atoms with Gasteiger partial charge in [-0.3, -0.25) is 14.5 Å². The average Bonchev–Trinajstić information content (AvgIpc) is 3.20. The summed E-state index contributed by atoms with van der Waals surface area (Å²) >= 11 is 0. The fourth-order valence-electron chi connectivity index (χ4n) is 3.76. The Kier molecular flexibility index (Phi) is 7.99. The molecule has 156 valence electrons. The highest BCUT2D eigenvalue weighted by Gasteiger charge is 2.24. The smallest absolute Gasteiger partial charge is 0.227 e. The van der Waals surface area contributed by atoms with Crippen LogP contribution in [0.1, 0.15) is 31.2 Å². The summed E-state index contributed by atoms with van der Waals surface area (Å²) in [6.45, 7) is 3.00. The molecule has 3 rings (SSSR count). The molecule has 1 aliphatic rings. The Morgan fingerprint density at radius 1 is 1.07 bits per heavy atom. The fourth-order valence-corrected chi connectivity index (χ4v) is 3.76. The lowest BCUT2D eigenvalue weighted by Crippen LogP contribution is -2.38. The van der Waals surface area contributed by atoms with Gasteiger partial charge in [-0.2, -0.15) is 5.26 Å². The van der Waals surface area contributed by atoms with Crippen molar-refractivity contribution in [3.63, 3.8) is 0 Å². The summed E-state index contributed by atoms with van der Waals surface area (Å²) in [7, 11) is 0. The van der Waals surface area contributed by atoms with Gasteiger partial charge < -0.3 is 10.2 Å². The first-order chi connectivity index (χ1) is 14.7. The van der Waals surface area contributed by atoms with Gasteiger partial charge in [-0.15, -0.1) is 0 Å². The molecule has 2 amide bonds. The Bertz CT molecular complexity index is 864. The van der Waals surface area contributed by atoms with Crippen LogP contribution in [0.5, 0.6) is 0 Å². The number of hydrogen-bond donors (Lipinski definition) is 1. The number of benzene rings is 2. The van der Waals surface area contributed by atoms with E-state index in [1.54, 1.807) is 4.90 Å². The van der Waals surface area contributed by atoms with Crippen molar-refractivity contribution in [2.45, 2.75) is 38.3 Å². The maximum Gasteiger partial charge on any atom is 0.227 e. The van der Waals surface area contributed by atoms with Crippen molar-refractivity contribution < 1.29 is 9.59 Å². The van der Waals surface area contributed by atoms with Crippen LogP contribution < -0.4 is 10.2 Å². The van der Waals surface area contributed by atoms with Crippen LogP contribution in [0.2, 0.25) is 0 Å². The number of nitriles is 1. The highest BCUT2D eigenvalue weighted by atomic mass is 16.2. The molecule has 1 unspecified atom stereocenters. The monoisotopic (exact) mass is 404 g/mol. The zero-order valence-electron chi connectivity index (χ0n) is 17.2. The van der Waals surface area contributed by atoms with E-state index >= 15 is 0 Å². The number of nitrogens with zero attached hydrogens (tertiary/aromatic N) is 3. The molecular formula is C24H28N4O2. The lowest BCUT2D eigenvalue weighted by molar-refractivity contribution is -0.125. The number of carbonyl (C=O) groups excluding carboxylic acids is 2. The van der Waals surface area contributed by atoms with Gasteiger partial charge in [0.1, 0.15) is 0 Å². The van der Waals surface area contributed by atoms with Gasteiger partial charge in [0, 0.05) is 50.7 Å². The molecule has 6 nitrogen and oxygen atoms in total. The second kappa shape index (κ2) is 11.1. The first-order valence-corrected chi connectivity index (χ1v) is 10.4. The predicted molar refractivity (Wildman–Crippen MR) is 117 cm³/mol. The number of rotatable bonds is 9. The zero-order valence-corrected chi connectivity index (χ0v) is 17.2. The summed E-state index contributed by atoms with van der Waals surface area (Å²) in [5, 5.41) is 11.9. The van der Waals surface area contributed by atoms with Crippen LogP contribution in [0.4, 0.5) is 5.69 Å². The van der Waals surface area contributed by atoms with E-state index in [1.807, 2.05) is 48.5 Å². The molecule has 0 aromatic heterocycles. The lowest BCUT2D eigenvalue weighted by Gasteiger charge is -2.22. The van der Waals surface area contributed by atoms with Gasteiger partial charge in [0.2, 0.25) is 11.8 Å². The third-order valence-corrected chi connectivity index (χ3v) is 5.27. The first kappa shape index (κ1) is 21.5. The van der Waals surface area contributed by atoms with E-state index in [4.69, 9.17) is 5.26 Å². The summed E-state index contributed by atoms with van der Waals surface area (Å²) in [6.07, 6.45) is 1.47. The normalized spacial score (nSPS) is 16.0. The Labute approximate surface area is 178 Å². The summed E-state index contributed by atoms with van der Waals surface area (Å²) < 4.78 is 0. The Hall–Kier alpha value is -3.17. The van der Waals surface area contributed by atoms with E-state index in [2.05, 4.69) is 28.4 Å². The summed E-state index contributed by atoms with van der Waals surface area (Å²) in [4.78, 5) is 29.0. The molecule has 0 spiro atoms. The van der Waals surface area contributed by atoms with Crippen molar-refractivity contribution >= 4 is 17.5 Å². The third-order valence-electron chi connectivity index (χ3n) is 5.27. The van der Waals surface area contributed by atoms with Crippen molar-refractivity contribution in [3.8, 4) is 6.07 Å². The minimum absolute atomic E-state index is 0.0943. The second-order valence-electron chi connectivity index (χ2n) is 7.56. The highest BCUT2D eigenvalue weighted by Crippen LogP contribution is 2.16. The maximum atomic E-state index is 12.7. The fraction of sp³-hybridized carbons (Fsp3) is 0.375. The van der Waals surface area contributed by atoms with Gasteiger partial charge in [-0.1, -0.05) is 48.5 Å². The predicted octanol–water partition coefficient (Wildman–Crippen LogP) is 3.10. The van der Waals surface area contributed by atoms with E-state index in [-0.39, 0.29) is 37.1 Å². The van der Waals surface area contributed by atoms with E-state index < -0.39 is 0 Å². The van der Waals surface area contributed by atoms with Crippen molar-refractivity contribution in [2.75, 3.05) is 24.5 Å². The van der Waals surface area contributed by atoms with E-state index in [0.29, 0.717) is 6.54 Å². The van der Waals surface area contributed by atoms with Crippen LogP contribution in [0.3, 0.4) is 0 Å². The standard InChI is InChI=1S/C24H28N4O2/c25-15-7-16-28(22-10-5-2-6-11-22)24(30)13-12-23(29)26-21-14-17-27(19-21)18-20-8-3-1-4-9-20/h1-6,8-11,21H,7,12-14,16-19H2,(H,26,29). The Balaban J connectivity index is 1.44. The van der Waals surface area contributed by atoms with Gasteiger partial charge >= 0.3 is 0 Å². The topological polar surface area (TPSA) is 76.4 Å². The minimum atomic E-state index is -0.135. The van der Waals surface area contributed by atoms with Gasteiger partial charge in [-0.05, 0) is 24.1 Å². The van der Waals surface area contributed by atoms with Crippen molar-refractivity contribution in [1.82, 2.24) is 10.2 Å². The van der Waals surface area contributed by atoms with Crippen LogP contribution in [0.25, 0.3) is 0 Å². The molecule has 2 aromatic rings. The quantitative estimate of drug-likeness (QED) is 0.697. The van der Waals surface area contributed by atoms with E-state index in [0.717, 1.165) is 31.7 Å². The molecule has 1 aliphatic heterocycles. The van der Waals surface area contributed by atoms with E-state index in [9.17, 15) is 9.59 Å². The number of amides is 2. The van der Waals surface area contributed by atoms with Gasteiger partial charge in [0.25, 0.3) is 0 Å². The minimum Gasteiger partial charge on any atom is -0.352 e. The van der Waals surface area contributed by atoms with Gasteiger partial charge in [-0.25, -0.2) is 0 Å². The molecule has 2 aromatic carbocycles. The van der Waals surface area contributed by atoms with Crippen molar-refractivity contribution in [3.05, 3.63) is 66.2 Å². The second-order valence-corrected chi connectivity index (χ2v) is 7.56. The maximum absolute atomic E-state index is 12.7. The number of carbonyl (C=O) groups is 2. The number of nitrogens with one attached hydrogen (secondary N) is 1.